The predicted molar refractivity (Wildman–Crippen MR) is 66.5 cm³/mol. The minimum Gasteiger partial charge on any atom is -0.350 e. The second kappa shape index (κ2) is 6.00. The van der Waals surface area contributed by atoms with Gasteiger partial charge in [-0.05, 0) is 40.2 Å². The van der Waals surface area contributed by atoms with Gasteiger partial charge in [-0.1, -0.05) is 6.42 Å². The molecule has 0 saturated carbocycles. The Hall–Kier alpha value is -1.10. The van der Waals surface area contributed by atoms with Crippen molar-refractivity contribution >= 4 is 11.8 Å². The zero-order chi connectivity index (χ0) is 12.9. The van der Waals surface area contributed by atoms with Crippen molar-refractivity contribution in [3.63, 3.8) is 0 Å². The minimum atomic E-state index is -0.259. The van der Waals surface area contributed by atoms with E-state index in [-0.39, 0.29) is 29.9 Å². The van der Waals surface area contributed by atoms with E-state index in [9.17, 15) is 9.59 Å². The van der Waals surface area contributed by atoms with Crippen LogP contribution in [0.15, 0.2) is 0 Å². The van der Waals surface area contributed by atoms with Gasteiger partial charge in [-0.3, -0.25) is 9.59 Å². The number of hydrogen-bond donors (Lipinski definition) is 3. The Morgan fingerprint density at radius 3 is 2.53 bits per heavy atom. The first-order valence-corrected chi connectivity index (χ1v) is 6.20. The van der Waals surface area contributed by atoms with Crippen LogP contribution in [0.2, 0.25) is 0 Å². The van der Waals surface area contributed by atoms with Gasteiger partial charge < -0.3 is 16.0 Å². The van der Waals surface area contributed by atoms with Crippen LogP contribution >= 0.6 is 0 Å². The number of nitrogens with one attached hydrogen (secondary N) is 3. The lowest BCUT2D eigenvalue weighted by Crippen LogP contribution is -2.51. The summed E-state index contributed by atoms with van der Waals surface area (Å²) in [6.07, 6.45) is 3.04. The van der Waals surface area contributed by atoms with Crippen molar-refractivity contribution in [1.82, 2.24) is 16.0 Å². The van der Waals surface area contributed by atoms with Crippen molar-refractivity contribution < 1.29 is 9.59 Å². The maximum Gasteiger partial charge on any atom is 0.239 e. The van der Waals surface area contributed by atoms with E-state index in [0.29, 0.717) is 0 Å². The molecule has 5 nitrogen and oxygen atoms in total. The fourth-order valence-electron chi connectivity index (χ4n) is 1.83. The highest BCUT2D eigenvalue weighted by atomic mass is 16.2. The number of amides is 2. The smallest absolute Gasteiger partial charge is 0.239 e. The average molecular weight is 241 g/mol. The molecular weight excluding hydrogens is 218 g/mol. The molecule has 0 unspecified atom stereocenters. The van der Waals surface area contributed by atoms with E-state index in [0.717, 1.165) is 25.8 Å². The molecule has 1 saturated heterocycles. The second-order valence-corrected chi connectivity index (χ2v) is 5.52. The van der Waals surface area contributed by atoms with E-state index in [2.05, 4.69) is 16.0 Å². The maximum atomic E-state index is 11.7. The Kier molecular flexibility index (Phi) is 4.93. The van der Waals surface area contributed by atoms with Crippen LogP contribution in [0.5, 0.6) is 0 Å². The summed E-state index contributed by atoms with van der Waals surface area (Å²) in [4.78, 5) is 23.2. The van der Waals surface area contributed by atoms with Gasteiger partial charge in [0.05, 0.1) is 12.6 Å². The van der Waals surface area contributed by atoms with E-state index in [1.807, 2.05) is 20.8 Å². The lowest BCUT2D eigenvalue weighted by Gasteiger charge is -2.23. The van der Waals surface area contributed by atoms with Gasteiger partial charge in [-0.2, -0.15) is 0 Å². The number of carbonyl (C=O) groups is 2. The van der Waals surface area contributed by atoms with Crippen LogP contribution < -0.4 is 16.0 Å². The summed E-state index contributed by atoms with van der Waals surface area (Å²) in [7, 11) is 0. The van der Waals surface area contributed by atoms with Gasteiger partial charge in [0.25, 0.3) is 0 Å². The lowest BCUT2D eigenvalue weighted by molar-refractivity contribution is -0.128. The summed E-state index contributed by atoms with van der Waals surface area (Å²) in [5.74, 6) is -0.226. The number of piperidine rings is 1. The van der Waals surface area contributed by atoms with Crippen molar-refractivity contribution in [1.29, 1.82) is 0 Å². The molecular formula is C12H23N3O2. The van der Waals surface area contributed by atoms with Crippen LogP contribution in [-0.4, -0.2) is 36.5 Å². The molecule has 0 aliphatic carbocycles. The van der Waals surface area contributed by atoms with E-state index >= 15 is 0 Å². The molecule has 0 spiro atoms. The number of rotatable bonds is 3. The largest absolute Gasteiger partial charge is 0.350 e. The average Bonchev–Trinajstić information content (AvgIpc) is 2.25. The zero-order valence-corrected chi connectivity index (χ0v) is 10.9. The van der Waals surface area contributed by atoms with Crippen LogP contribution in [0.1, 0.15) is 40.0 Å². The van der Waals surface area contributed by atoms with E-state index in [4.69, 9.17) is 0 Å². The Morgan fingerprint density at radius 2 is 2.00 bits per heavy atom. The first-order valence-electron chi connectivity index (χ1n) is 6.20. The quantitative estimate of drug-likeness (QED) is 0.659. The fourth-order valence-corrected chi connectivity index (χ4v) is 1.83. The number of hydrogen-bond acceptors (Lipinski definition) is 3. The number of carbonyl (C=O) groups excluding carboxylic acids is 2. The van der Waals surface area contributed by atoms with Gasteiger partial charge in [0.15, 0.2) is 0 Å². The molecule has 0 aromatic carbocycles. The van der Waals surface area contributed by atoms with Gasteiger partial charge in [0.2, 0.25) is 11.8 Å². The third kappa shape index (κ3) is 5.68. The molecule has 3 N–H and O–H groups in total. The highest BCUT2D eigenvalue weighted by molar-refractivity contribution is 5.87. The summed E-state index contributed by atoms with van der Waals surface area (Å²) in [5.41, 5.74) is -0.259. The highest BCUT2D eigenvalue weighted by Crippen LogP contribution is 2.06. The van der Waals surface area contributed by atoms with Crippen LogP contribution in [0.3, 0.4) is 0 Å². The highest BCUT2D eigenvalue weighted by Gasteiger charge is 2.21. The molecule has 1 rings (SSSR count). The Bertz CT molecular complexity index is 278. The summed E-state index contributed by atoms with van der Waals surface area (Å²) in [5, 5.41) is 8.61. The summed E-state index contributed by atoms with van der Waals surface area (Å²) in [6.45, 7) is 6.67. The van der Waals surface area contributed by atoms with Gasteiger partial charge in [-0.25, -0.2) is 0 Å². The molecule has 0 aromatic rings. The van der Waals surface area contributed by atoms with Crippen molar-refractivity contribution in [3.8, 4) is 0 Å². The van der Waals surface area contributed by atoms with Crippen molar-refractivity contribution in [2.75, 3.05) is 13.1 Å². The first-order chi connectivity index (χ1) is 7.88. The molecule has 1 aliphatic rings. The maximum absolute atomic E-state index is 11.7. The molecule has 5 heteroatoms. The second-order valence-electron chi connectivity index (χ2n) is 5.52. The SMILES string of the molecule is CC(C)(C)NC(=O)CNC(=O)[C@@H]1CCCCN1. The summed E-state index contributed by atoms with van der Waals surface area (Å²) in [6, 6.07) is -0.133. The van der Waals surface area contributed by atoms with E-state index in [1.165, 1.54) is 0 Å². The normalized spacial score (nSPS) is 20.8. The molecule has 1 heterocycles. The summed E-state index contributed by atoms with van der Waals surface area (Å²) < 4.78 is 0. The Morgan fingerprint density at radius 1 is 1.29 bits per heavy atom. The van der Waals surface area contributed by atoms with Crippen LogP contribution in [0, 0.1) is 0 Å². The molecule has 98 valence electrons. The molecule has 1 aliphatic heterocycles. The van der Waals surface area contributed by atoms with Crippen molar-refractivity contribution in [2.45, 2.75) is 51.6 Å². The minimum absolute atomic E-state index is 0.0499. The van der Waals surface area contributed by atoms with Gasteiger partial charge in [-0.15, -0.1) is 0 Å². The Labute approximate surface area is 103 Å². The molecule has 17 heavy (non-hydrogen) atoms. The summed E-state index contributed by atoms with van der Waals surface area (Å²) >= 11 is 0. The van der Waals surface area contributed by atoms with E-state index < -0.39 is 0 Å². The third-order valence-corrected chi connectivity index (χ3v) is 2.56. The molecule has 1 atom stereocenters. The van der Waals surface area contributed by atoms with Gasteiger partial charge in [0, 0.05) is 5.54 Å². The molecule has 0 bridgehead atoms. The monoisotopic (exact) mass is 241 g/mol. The van der Waals surface area contributed by atoms with Gasteiger partial charge in [0.1, 0.15) is 0 Å². The zero-order valence-electron chi connectivity index (χ0n) is 10.9. The van der Waals surface area contributed by atoms with Crippen molar-refractivity contribution in [3.05, 3.63) is 0 Å². The van der Waals surface area contributed by atoms with Crippen molar-refractivity contribution in [2.24, 2.45) is 0 Å². The van der Waals surface area contributed by atoms with E-state index in [1.54, 1.807) is 0 Å². The van der Waals surface area contributed by atoms with Crippen LogP contribution in [-0.2, 0) is 9.59 Å². The molecule has 1 fully saturated rings. The third-order valence-electron chi connectivity index (χ3n) is 2.56. The fraction of sp³-hybridized carbons (Fsp3) is 0.833. The van der Waals surface area contributed by atoms with Crippen LogP contribution in [0.25, 0.3) is 0 Å². The Balaban J connectivity index is 2.25. The topological polar surface area (TPSA) is 70.2 Å². The molecule has 2 amide bonds. The first kappa shape index (κ1) is 14.0. The van der Waals surface area contributed by atoms with Gasteiger partial charge >= 0.3 is 0 Å². The van der Waals surface area contributed by atoms with Crippen LogP contribution in [0.4, 0.5) is 0 Å². The predicted octanol–water partition coefficient (Wildman–Crippen LogP) is 0.159. The molecule has 0 radical (unpaired) electrons. The standard InChI is InChI=1S/C12H23N3O2/c1-12(2,3)15-10(16)8-14-11(17)9-6-4-5-7-13-9/h9,13H,4-8H2,1-3H3,(H,14,17)(H,15,16)/t9-/m0/s1. The lowest BCUT2D eigenvalue weighted by atomic mass is 10.0. The molecule has 0 aromatic heterocycles.